The zero-order valence-electron chi connectivity index (χ0n) is 42.9. The van der Waals surface area contributed by atoms with Gasteiger partial charge in [-0.3, -0.25) is 4.57 Å². The summed E-state index contributed by atoms with van der Waals surface area (Å²) in [6, 6.07) is 27.7. The van der Waals surface area contributed by atoms with Crippen molar-refractivity contribution in [3.05, 3.63) is 206 Å². The summed E-state index contributed by atoms with van der Waals surface area (Å²) < 4.78 is 131. The van der Waals surface area contributed by atoms with Crippen molar-refractivity contribution in [3.63, 3.8) is 0 Å². The highest BCUT2D eigenvalue weighted by molar-refractivity contribution is 6.21. The molecule has 2 nitrogen and oxygen atoms in total. The molecule has 0 amide bonds. The van der Waals surface area contributed by atoms with Gasteiger partial charge < -0.3 is 0 Å². The quantitative estimate of drug-likeness (QED) is 0.159. The molecule has 10 aromatic rings. The van der Waals surface area contributed by atoms with E-state index < -0.39 is 78.6 Å². The van der Waals surface area contributed by atoms with Crippen molar-refractivity contribution in [2.75, 3.05) is 0 Å². The smallest absolute Gasteiger partial charge is 0.145 e. The molecule has 0 atom stereocenters. The number of rotatable bonds is 6. The van der Waals surface area contributed by atoms with Gasteiger partial charge >= 0.3 is 0 Å². The molecule has 0 radical (unpaired) electrons. The van der Waals surface area contributed by atoms with Crippen LogP contribution < -0.4 is 0 Å². The number of aromatic nitrogens is 2. The molecule has 1 heterocycles. The molecule has 0 unspecified atom stereocenters. The lowest BCUT2D eigenvalue weighted by Gasteiger charge is -2.20. The van der Waals surface area contributed by atoms with E-state index in [0.29, 0.717) is 27.8 Å². The van der Waals surface area contributed by atoms with Crippen molar-refractivity contribution in [1.82, 2.24) is 9.55 Å². The normalized spacial score (nSPS) is 15.4. The first-order valence-corrected chi connectivity index (χ1v) is 16.9. The molecular formula is C51H34N2. The van der Waals surface area contributed by atoms with Crippen LogP contribution in [0.1, 0.15) is 20.6 Å². The topological polar surface area (TPSA) is 17.8 Å². The molecule has 9 aromatic carbocycles. The first-order chi connectivity index (χ1) is 32.5. The standard InChI is InChI=1S/C51H34N2/c1-4-17-35(18-5-1)39-31-40(36-19-6-2-7-20-36)33-41(32-39)50-45-27-12-10-25-43(45)49(44-26-11-13-28-46(44)50)38-23-16-24-42(34-38)53-48-30-15-14-29-47(48)52-51(53)37-21-8-3-9-22-37/h1-34H/i1D,2D,3D,4D,5D,6D,7D,8D,9D,17D,18D,19D,20D,21D,22D. The van der Waals surface area contributed by atoms with Crippen molar-refractivity contribution in [3.8, 4) is 61.6 Å². The van der Waals surface area contributed by atoms with Gasteiger partial charge in [0.1, 0.15) is 5.82 Å². The van der Waals surface area contributed by atoms with Crippen molar-refractivity contribution in [2.45, 2.75) is 0 Å². The van der Waals surface area contributed by atoms with E-state index in [1.54, 1.807) is 22.8 Å². The molecule has 0 fully saturated rings. The van der Waals surface area contributed by atoms with E-state index in [2.05, 4.69) is 0 Å². The monoisotopic (exact) mass is 689 g/mol. The Morgan fingerprint density at radius 2 is 0.849 bits per heavy atom. The van der Waals surface area contributed by atoms with Crippen LogP contribution in [-0.4, -0.2) is 9.55 Å². The highest BCUT2D eigenvalue weighted by atomic mass is 15.1. The van der Waals surface area contributed by atoms with Crippen LogP contribution in [0.4, 0.5) is 0 Å². The summed E-state index contributed by atoms with van der Waals surface area (Å²) in [6.07, 6.45) is 0. The van der Waals surface area contributed by atoms with E-state index >= 15 is 0 Å². The minimum Gasteiger partial charge on any atom is -0.292 e. The van der Waals surface area contributed by atoms with E-state index in [9.17, 15) is 0 Å². The maximum atomic E-state index is 8.93. The Kier molecular flexibility index (Phi) is 4.64. The summed E-state index contributed by atoms with van der Waals surface area (Å²) in [5.41, 5.74) is 4.59. The third-order valence-electron chi connectivity index (χ3n) is 9.41. The van der Waals surface area contributed by atoms with E-state index in [1.807, 2.05) is 91.0 Å². The molecule has 0 saturated heterocycles. The van der Waals surface area contributed by atoms with Crippen molar-refractivity contribution in [1.29, 1.82) is 0 Å². The molecule has 0 bridgehead atoms. The van der Waals surface area contributed by atoms with E-state index in [4.69, 9.17) is 25.5 Å². The summed E-state index contributed by atoms with van der Waals surface area (Å²) in [5.74, 6) is 0.166. The van der Waals surface area contributed by atoms with Crippen LogP contribution in [0.25, 0.3) is 94.2 Å². The van der Waals surface area contributed by atoms with Gasteiger partial charge in [-0.1, -0.05) is 163 Å². The third-order valence-corrected chi connectivity index (χ3v) is 9.41. The Labute approximate surface area is 330 Å². The van der Waals surface area contributed by atoms with Gasteiger partial charge in [-0.25, -0.2) is 4.98 Å². The fraction of sp³-hybridized carbons (Fsp3) is 0. The Morgan fingerprint density at radius 1 is 0.377 bits per heavy atom. The van der Waals surface area contributed by atoms with E-state index in [0.717, 1.165) is 32.7 Å². The molecule has 0 saturated carbocycles. The molecule has 0 aliphatic heterocycles. The highest BCUT2D eigenvalue weighted by Crippen LogP contribution is 2.45. The second-order valence-corrected chi connectivity index (χ2v) is 12.5. The number of para-hydroxylation sites is 2. The second-order valence-electron chi connectivity index (χ2n) is 12.5. The first kappa shape index (κ1) is 19.0. The molecule has 1 aromatic heterocycles. The maximum absolute atomic E-state index is 8.93. The summed E-state index contributed by atoms with van der Waals surface area (Å²) in [4.78, 5) is 4.84. The van der Waals surface area contributed by atoms with Gasteiger partial charge in [0.25, 0.3) is 0 Å². The van der Waals surface area contributed by atoms with Gasteiger partial charge in [0, 0.05) is 11.3 Å². The van der Waals surface area contributed by atoms with Gasteiger partial charge in [-0.05, 0) is 109 Å². The molecule has 248 valence electrons. The van der Waals surface area contributed by atoms with E-state index in [1.165, 1.54) is 6.07 Å². The zero-order valence-corrected chi connectivity index (χ0v) is 27.9. The van der Waals surface area contributed by atoms with E-state index in [-0.39, 0.29) is 45.7 Å². The molecule has 0 aliphatic carbocycles. The van der Waals surface area contributed by atoms with Gasteiger partial charge in [-0.2, -0.15) is 0 Å². The number of fused-ring (bicyclic) bond motifs is 3. The number of imidazole rings is 1. The number of benzene rings is 9. The second kappa shape index (κ2) is 12.9. The summed E-state index contributed by atoms with van der Waals surface area (Å²) in [7, 11) is 0. The van der Waals surface area contributed by atoms with Gasteiger partial charge in [-0.15, -0.1) is 0 Å². The van der Waals surface area contributed by atoms with Crippen LogP contribution >= 0.6 is 0 Å². The highest BCUT2D eigenvalue weighted by Gasteiger charge is 2.20. The van der Waals surface area contributed by atoms with Crippen LogP contribution in [0.3, 0.4) is 0 Å². The first-order valence-electron chi connectivity index (χ1n) is 24.4. The van der Waals surface area contributed by atoms with Crippen molar-refractivity contribution < 1.29 is 20.6 Å². The molecule has 0 aliphatic rings. The molecule has 2 heteroatoms. The maximum Gasteiger partial charge on any atom is 0.145 e. The molecule has 0 spiro atoms. The van der Waals surface area contributed by atoms with Crippen molar-refractivity contribution in [2.24, 2.45) is 0 Å². The lowest BCUT2D eigenvalue weighted by atomic mass is 9.84. The minimum atomic E-state index is -0.575. The van der Waals surface area contributed by atoms with Gasteiger partial charge in [0.15, 0.2) is 0 Å². The predicted octanol–water partition coefficient (Wildman–Crippen LogP) is 13.7. The summed E-state index contributed by atoms with van der Waals surface area (Å²) in [6.45, 7) is 0. The SMILES string of the molecule is [2H]c1c([2H])c([2H])c(-c2cc(-c3c([2H])c([2H])c([2H])c([2H])c3[2H])cc(-c3c4ccccc4c(-c4cccc(-n5c(-c6c([2H])c([2H])c([2H])c([2H])c6[2H])nc6ccccc65)c4)c4ccccc34)c2)c([2H])c1[2H]. The summed E-state index contributed by atoms with van der Waals surface area (Å²) >= 11 is 0. The lowest BCUT2D eigenvalue weighted by Crippen LogP contribution is -1.98. The fourth-order valence-corrected chi connectivity index (χ4v) is 7.22. The number of hydrogen-bond donors (Lipinski definition) is 0. The average Bonchev–Trinajstić information content (AvgIpc) is 3.73. The summed E-state index contributed by atoms with van der Waals surface area (Å²) in [5, 5.41) is 3.06. The Balaban J connectivity index is 1.27. The number of hydrogen-bond acceptors (Lipinski definition) is 1. The minimum absolute atomic E-state index is 0.0494. The predicted molar refractivity (Wildman–Crippen MR) is 223 cm³/mol. The Hall–Kier alpha value is -7.03. The Morgan fingerprint density at radius 3 is 1.42 bits per heavy atom. The van der Waals surface area contributed by atoms with Gasteiger partial charge in [0.2, 0.25) is 0 Å². The largest absolute Gasteiger partial charge is 0.292 e. The van der Waals surface area contributed by atoms with Crippen LogP contribution in [0.2, 0.25) is 0 Å². The fourth-order valence-electron chi connectivity index (χ4n) is 7.22. The number of nitrogens with zero attached hydrogens (tertiary/aromatic N) is 2. The van der Waals surface area contributed by atoms with Crippen LogP contribution in [0.5, 0.6) is 0 Å². The zero-order chi connectivity index (χ0) is 48.2. The van der Waals surface area contributed by atoms with Crippen LogP contribution in [-0.2, 0) is 0 Å². The van der Waals surface area contributed by atoms with Gasteiger partial charge in [0.05, 0.1) is 31.6 Å². The van der Waals surface area contributed by atoms with Crippen molar-refractivity contribution >= 4 is 32.6 Å². The lowest BCUT2D eigenvalue weighted by molar-refractivity contribution is 1.10. The molecular weight excluding hydrogens is 641 g/mol. The Bertz CT molecular complexity index is 3590. The molecule has 53 heavy (non-hydrogen) atoms. The van der Waals surface area contributed by atoms with Crippen LogP contribution in [0, 0.1) is 0 Å². The molecule has 10 rings (SSSR count). The average molecular weight is 690 g/mol. The molecule has 0 N–H and O–H groups in total. The van der Waals surface area contributed by atoms with Crippen LogP contribution in [0.15, 0.2) is 206 Å². The third kappa shape index (κ3) is 5.40.